The van der Waals surface area contributed by atoms with Crippen LogP contribution in [0.4, 0.5) is 18.9 Å². The first-order valence-corrected chi connectivity index (χ1v) is 7.14. The van der Waals surface area contributed by atoms with Crippen LogP contribution in [0.15, 0.2) is 48.5 Å². The summed E-state index contributed by atoms with van der Waals surface area (Å²) in [5, 5.41) is 0.494. The van der Waals surface area contributed by atoms with Gasteiger partial charge in [-0.05, 0) is 41.8 Å². The molecule has 0 aromatic heterocycles. The lowest BCUT2D eigenvalue weighted by Crippen LogP contribution is -2.04. The number of nitrogen functional groups attached to an aromatic ring is 1. The van der Waals surface area contributed by atoms with Gasteiger partial charge in [-0.2, -0.15) is 13.2 Å². The summed E-state index contributed by atoms with van der Waals surface area (Å²) >= 11 is 6.18. The Balaban J connectivity index is 2.50. The van der Waals surface area contributed by atoms with Crippen molar-refractivity contribution in [3.8, 4) is 11.1 Å². The number of hydrogen-bond donors (Lipinski definition) is 1. The molecule has 5 heteroatoms. The maximum Gasteiger partial charge on any atom is 0.416 e. The van der Waals surface area contributed by atoms with Gasteiger partial charge in [0.05, 0.1) is 5.56 Å². The van der Waals surface area contributed by atoms with E-state index in [1.54, 1.807) is 24.3 Å². The van der Waals surface area contributed by atoms with E-state index in [2.05, 4.69) is 0 Å². The Hall–Kier alpha value is -1.94. The molecule has 0 aliphatic carbocycles. The summed E-state index contributed by atoms with van der Waals surface area (Å²) in [6.45, 7) is 1.94. The van der Waals surface area contributed by atoms with Crippen LogP contribution in [-0.4, -0.2) is 0 Å². The van der Waals surface area contributed by atoms with Crippen molar-refractivity contribution in [1.29, 1.82) is 0 Å². The van der Waals surface area contributed by atoms with Crippen LogP contribution in [0.25, 0.3) is 16.2 Å². The van der Waals surface area contributed by atoms with Gasteiger partial charge in [0.2, 0.25) is 0 Å². The Morgan fingerprint density at radius 2 is 1.82 bits per heavy atom. The molecule has 2 aromatic carbocycles. The molecule has 2 N–H and O–H groups in total. The molecule has 0 fully saturated rings. The first-order valence-electron chi connectivity index (χ1n) is 6.76. The quantitative estimate of drug-likeness (QED) is 0.694. The summed E-state index contributed by atoms with van der Waals surface area (Å²) in [5.74, 6) is 0. The molecule has 0 atom stereocenters. The van der Waals surface area contributed by atoms with E-state index in [1.165, 1.54) is 6.07 Å². The smallest absolute Gasteiger partial charge is 0.398 e. The molecule has 1 nitrogen and oxygen atoms in total. The molecule has 0 unspecified atom stereocenters. The summed E-state index contributed by atoms with van der Waals surface area (Å²) in [6.07, 6.45) is -1.82. The highest BCUT2D eigenvalue weighted by atomic mass is 35.5. The van der Waals surface area contributed by atoms with Gasteiger partial charge in [-0.3, -0.25) is 0 Å². The van der Waals surface area contributed by atoms with Crippen molar-refractivity contribution >= 4 is 22.3 Å². The first kappa shape index (κ1) is 16.4. The van der Waals surface area contributed by atoms with E-state index in [0.29, 0.717) is 27.4 Å². The highest BCUT2D eigenvalue weighted by Crippen LogP contribution is 2.34. The van der Waals surface area contributed by atoms with Gasteiger partial charge < -0.3 is 5.73 Å². The number of hydrogen-bond acceptors (Lipinski definition) is 1. The molecule has 2 rings (SSSR count). The number of allylic oxidation sites excluding steroid dienone is 1. The summed E-state index contributed by atoms with van der Waals surface area (Å²) in [7, 11) is 0. The van der Waals surface area contributed by atoms with Crippen LogP contribution in [0.3, 0.4) is 0 Å². The fourth-order valence-corrected chi connectivity index (χ4v) is 2.42. The van der Waals surface area contributed by atoms with Crippen molar-refractivity contribution in [2.45, 2.75) is 19.5 Å². The maximum absolute atomic E-state index is 12.8. The Morgan fingerprint density at radius 1 is 1.14 bits per heavy atom. The fraction of sp³-hybridized carbons (Fsp3) is 0.176. The minimum atomic E-state index is -4.37. The van der Waals surface area contributed by atoms with Crippen molar-refractivity contribution in [1.82, 2.24) is 0 Å². The van der Waals surface area contributed by atoms with E-state index in [9.17, 15) is 13.2 Å². The zero-order chi connectivity index (χ0) is 16.3. The molecule has 2 aromatic rings. The Bertz CT molecular complexity index is 705. The molecule has 0 aliphatic rings. The number of benzene rings is 2. The molecule has 0 amide bonds. The van der Waals surface area contributed by atoms with Crippen LogP contribution in [0.1, 0.15) is 24.5 Å². The zero-order valence-corrected chi connectivity index (χ0v) is 12.7. The molecular formula is C17H15ClF3N. The number of anilines is 1. The van der Waals surface area contributed by atoms with Crippen LogP contribution in [0.5, 0.6) is 0 Å². The number of nitrogens with two attached hydrogens (primary N) is 1. The van der Waals surface area contributed by atoms with E-state index in [4.69, 9.17) is 17.3 Å². The van der Waals surface area contributed by atoms with Crippen molar-refractivity contribution in [3.63, 3.8) is 0 Å². The molecule has 0 saturated heterocycles. The van der Waals surface area contributed by atoms with E-state index in [1.807, 2.05) is 13.0 Å². The number of alkyl halides is 3. The zero-order valence-electron chi connectivity index (χ0n) is 11.9. The summed E-state index contributed by atoms with van der Waals surface area (Å²) < 4.78 is 38.4. The molecule has 0 spiro atoms. The largest absolute Gasteiger partial charge is 0.416 e. The first-order chi connectivity index (χ1) is 10.3. The minimum Gasteiger partial charge on any atom is -0.398 e. The second-order valence-electron chi connectivity index (χ2n) is 4.84. The monoisotopic (exact) mass is 325 g/mol. The molecule has 0 aliphatic heterocycles. The van der Waals surface area contributed by atoms with Crippen molar-refractivity contribution in [3.05, 3.63) is 59.7 Å². The second kappa shape index (κ2) is 6.44. The molecule has 0 saturated carbocycles. The molecule has 0 heterocycles. The van der Waals surface area contributed by atoms with Gasteiger partial charge in [-0.15, -0.1) is 0 Å². The van der Waals surface area contributed by atoms with Crippen molar-refractivity contribution in [2.24, 2.45) is 0 Å². The van der Waals surface area contributed by atoms with Gasteiger partial charge in [0.15, 0.2) is 0 Å². The Morgan fingerprint density at radius 3 is 2.45 bits per heavy atom. The lowest BCUT2D eigenvalue weighted by molar-refractivity contribution is -0.137. The van der Waals surface area contributed by atoms with Gasteiger partial charge in [-0.25, -0.2) is 0 Å². The van der Waals surface area contributed by atoms with Crippen molar-refractivity contribution < 1.29 is 13.2 Å². The highest BCUT2D eigenvalue weighted by Gasteiger charge is 2.30. The van der Waals surface area contributed by atoms with Crippen LogP contribution < -0.4 is 5.73 Å². The van der Waals surface area contributed by atoms with Gasteiger partial charge in [0.1, 0.15) is 0 Å². The van der Waals surface area contributed by atoms with E-state index >= 15 is 0 Å². The lowest BCUT2D eigenvalue weighted by Gasteiger charge is -2.11. The van der Waals surface area contributed by atoms with E-state index < -0.39 is 11.7 Å². The Labute approximate surface area is 132 Å². The van der Waals surface area contributed by atoms with Crippen LogP contribution in [0, 0.1) is 0 Å². The predicted molar refractivity (Wildman–Crippen MR) is 85.4 cm³/mol. The lowest BCUT2D eigenvalue weighted by atomic mass is 9.99. The van der Waals surface area contributed by atoms with Gasteiger partial charge in [0, 0.05) is 16.3 Å². The fourth-order valence-electron chi connectivity index (χ4n) is 2.11. The molecular weight excluding hydrogens is 311 g/mol. The maximum atomic E-state index is 12.8. The third-order valence-electron chi connectivity index (χ3n) is 3.22. The third kappa shape index (κ3) is 3.63. The SMILES string of the molecule is CC/C=C(/Cl)c1cc(-c2cccc(C(F)(F)F)c2)ccc1N. The summed E-state index contributed by atoms with van der Waals surface area (Å²) in [5.41, 5.74) is 7.43. The van der Waals surface area contributed by atoms with Crippen LogP contribution in [-0.2, 0) is 6.18 Å². The topological polar surface area (TPSA) is 26.0 Å². The van der Waals surface area contributed by atoms with Crippen LogP contribution in [0.2, 0.25) is 0 Å². The van der Waals surface area contributed by atoms with Crippen molar-refractivity contribution in [2.75, 3.05) is 5.73 Å². The molecule has 0 bridgehead atoms. The third-order valence-corrected chi connectivity index (χ3v) is 3.58. The second-order valence-corrected chi connectivity index (χ2v) is 5.25. The van der Waals surface area contributed by atoms with E-state index in [-0.39, 0.29) is 0 Å². The predicted octanol–water partition coefficient (Wildman–Crippen LogP) is 5.94. The molecule has 22 heavy (non-hydrogen) atoms. The molecule has 0 radical (unpaired) electrons. The standard InChI is InChI=1S/C17H15ClF3N/c1-2-4-15(18)14-10-12(7-8-16(14)22)11-5-3-6-13(9-11)17(19,20)21/h3-10H,2,22H2,1H3/b15-4+. The van der Waals surface area contributed by atoms with Gasteiger partial charge >= 0.3 is 6.18 Å². The van der Waals surface area contributed by atoms with Crippen LogP contribution >= 0.6 is 11.6 Å². The average molecular weight is 326 g/mol. The van der Waals surface area contributed by atoms with Gasteiger partial charge in [0.25, 0.3) is 0 Å². The number of halogens is 4. The number of rotatable bonds is 3. The summed E-state index contributed by atoms with van der Waals surface area (Å²) in [4.78, 5) is 0. The normalized spacial score (nSPS) is 12.5. The average Bonchev–Trinajstić information content (AvgIpc) is 2.47. The highest BCUT2D eigenvalue weighted by molar-refractivity contribution is 6.49. The molecule has 116 valence electrons. The van der Waals surface area contributed by atoms with Gasteiger partial charge in [-0.1, -0.05) is 42.8 Å². The minimum absolute atomic E-state index is 0.469. The summed E-state index contributed by atoms with van der Waals surface area (Å²) in [6, 6.07) is 10.2. The Kier molecular flexibility index (Phi) is 4.81. The van der Waals surface area contributed by atoms with E-state index in [0.717, 1.165) is 18.6 Å².